The third-order valence-electron chi connectivity index (χ3n) is 4.41. The summed E-state index contributed by atoms with van der Waals surface area (Å²) in [5.74, 6) is 1.45. The van der Waals surface area contributed by atoms with Gasteiger partial charge in [0.2, 0.25) is 0 Å². The SMILES string of the molecule is CCOc1cc(CNc2ccc(N3CCOCC3)c(Cl)c2)c(Br)cc1OC. The van der Waals surface area contributed by atoms with Crippen LogP contribution in [0.2, 0.25) is 5.02 Å². The minimum Gasteiger partial charge on any atom is -0.493 e. The highest BCUT2D eigenvalue weighted by atomic mass is 79.9. The summed E-state index contributed by atoms with van der Waals surface area (Å²) < 4.78 is 17.4. The second-order valence-electron chi connectivity index (χ2n) is 6.15. The van der Waals surface area contributed by atoms with Gasteiger partial charge in [0, 0.05) is 29.8 Å². The molecule has 5 nitrogen and oxygen atoms in total. The van der Waals surface area contributed by atoms with Crippen molar-refractivity contribution in [3.05, 3.63) is 45.4 Å². The minimum absolute atomic E-state index is 0.587. The first kappa shape index (κ1) is 20.1. The van der Waals surface area contributed by atoms with Gasteiger partial charge in [-0.1, -0.05) is 27.5 Å². The molecule has 1 saturated heterocycles. The third-order valence-corrected chi connectivity index (χ3v) is 5.46. The second-order valence-corrected chi connectivity index (χ2v) is 7.41. The number of rotatable bonds is 7. The van der Waals surface area contributed by atoms with Gasteiger partial charge in [0.05, 0.1) is 37.6 Å². The lowest BCUT2D eigenvalue weighted by atomic mass is 10.2. The van der Waals surface area contributed by atoms with Crippen LogP contribution in [0, 0.1) is 0 Å². The standard InChI is InChI=1S/C20H24BrClN2O3/c1-3-27-20-10-14(16(21)12-19(20)25-2)13-23-15-4-5-18(17(22)11-15)24-6-8-26-9-7-24/h4-5,10-12,23H,3,6-9,13H2,1-2H3. The quantitative estimate of drug-likeness (QED) is 0.639. The Bertz CT molecular complexity index is 782. The predicted octanol–water partition coefficient (Wildman–Crippen LogP) is 4.96. The van der Waals surface area contributed by atoms with Crippen molar-refractivity contribution in [2.75, 3.05) is 50.2 Å². The molecule has 3 rings (SSSR count). The predicted molar refractivity (Wildman–Crippen MR) is 114 cm³/mol. The van der Waals surface area contributed by atoms with Gasteiger partial charge in [-0.05, 0) is 42.8 Å². The molecule has 1 N–H and O–H groups in total. The first-order valence-corrected chi connectivity index (χ1v) is 10.1. The molecule has 0 atom stereocenters. The number of methoxy groups -OCH3 is 1. The molecule has 0 unspecified atom stereocenters. The topological polar surface area (TPSA) is 43.0 Å². The van der Waals surface area contributed by atoms with Gasteiger partial charge in [0.15, 0.2) is 11.5 Å². The normalized spacial score (nSPS) is 14.1. The number of anilines is 2. The summed E-state index contributed by atoms with van der Waals surface area (Å²) in [6.45, 7) is 6.39. The molecule has 0 aromatic heterocycles. The van der Waals surface area contributed by atoms with Gasteiger partial charge < -0.3 is 24.4 Å². The van der Waals surface area contributed by atoms with E-state index in [4.69, 9.17) is 25.8 Å². The van der Waals surface area contributed by atoms with Crippen molar-refractivity contribution < 1.29 is 14.2 Å². The molecule has 1 aliphatic rings. The Morgan fingerprint density at radius 2 is 1.96 bits per heavy atom. The highest BCUT2D eigenvalue weighted by molar-refractivity contribution is 9.10. The van der Waals surface area contributed by atoms with E-state index < -0.39 is 0 Å². The van der Waals surface area contributed by atoms with Crippen LogP contribution in [0.5, 0.6) is 11.5 Å². The van der Waals surface area contributed by atoms with Crippen LogP contribution in [0.15, 0.2) is 34.8 Å². The number of hydrogen-bond acceptors (Lipinski definition) is 5. The number of halogens is 2. The Labute approximate surface area is 173 Å². The van der Waals surface area contributed by atoms with Gasteiger partial charge in [0.1, 0.15) is 0 Å². The fraction of sp³-hybridized carbons (Fsp3) is 0.400. The van der Waals surface area contributed by atoms with Crippen LogP contribution in [0.1, 0.15) is 12.5 Å². The lowest BCUT2D eigenvalue weighted by molar-refractivity contribution is 0.122. The zero-order valence-electron chi connectivity index (χ0n) is 15.6. The van der Waals surface area contributed by atoms with E-state index in [1.54, 1.807) is 7.11 Å². The smallest absolute Gasteiger partial charge is 0.161 e. The van der Waals surface area contributed by atoms with Crippen LogP contribution in [0.3, 0.4) is 0 Å². The number of nitrogens with one attached hydrogen (secondary N) is 1. The van der Waals surface area contributed by atoms with Crippen molar-refractivity contribution in [2.24, 2.45) is 0 Å². The Kier molecular flexibility index (Phi) is 7.10. The van der Waals surface area contributed by atoms with Crippen LogP contribution in [-0.2, 0) is 11.3 Å². The molecule has 146 valence electrons. The molecule has 0 amide bonds. The van der Waals surface area contributed by atoms with Gasteiger partial charge in [-0.15, -0.1) is 0 Å². The maximum atomic E-state index is 6.51. The van der Waals surface area contributed by atoms with Crippen molar-refractivity contribution in [3.8, 4) is 11.5 Å². The average molecular weight is 456 g/mol. The van der Waals surface area contributed by atoms with Gasteiger partial charge in [-0.2, -0.15) is 0 Å². The van der Waals surface area contributed by atoms with E-state index >= 15 is 0 Å². The molecule has 7 heteroatoms. The Morgan fingerprint density at radius 1 is 1.19 bits per heavy atom. The summed E-state index contributed by atoms with van der Waals surface area (Å²) in [7, 11) is 1.64. The van der Waals surface area contributed by atoms with E-state index in [2.05, 4.69) is 38.3 Å². The number of hydrogen-bond donors (Lipinski definition) is 1. The van der Waals surface area contributed by atoms with Gasteiger partial charge in [-0.25, -0.2) is 0 Å². The zero-order valence-corrected chi connectivity index (χ0v) is 17.9. The Morgan fingerprint density at radius 3 is 2.63 bits per heavy atom. The average Bonchev–Trinajstić information content (AvgIpc) is 2.69. The van der Waals surface area contributed by atoms with Crippen LogP contribution in [0.4, 0.5) is 11.4 Å². The van der Waals surface area contributed by atoms with Crippen molar-refractivity contribution in [3.63, 3.8) is 0 Å². The molecule has 27 heavy (non-hydrogen) atoms. The lowest BCUT2D eigenvalue weighted by Crippen LogP contribution is -2.36. The monoisotopic (exact) mass is 454 g/mol. The van der Waals surface area contributed by atoms with E-state index in [0.29, 0.717) is 18.9 Å². The van der Waals surface area contributed by atoms with E-state index in [1.807, 2.05) is 25.1 Å². The maximum absolute atomic E-state index is 6.51. The number of ether oxygens (including phenoxy) is 3. The highest BCUT2D eigenvalue weighted by Crippen LogP contribution is 2.34. The zero-order chi connectivity index (χ0) is 19.2. The molecular formula is C20H24BrClN2O3. The molecule has 0 radical (unpaired) electrons. The molecule has 2 aromatic rings. The van der Waals surface area contributed by atoms with E-state index in [0.717, 1.165) is 58.5 Å². The van der Waals surface area contributed by atoms with Gasteiger partial charge in [-0.3, -0.25) is 0 Å². The number of benzene rings is 2. The molecule has 0 spiro atoms. The highest BCUT2D eigenvalue weighted by Gasteiger charge is 2.15. The fourth-order valence-corrected chi connectivity index (χ4v) is 3.78. The summed E-state index contributed by atoms with van der Waals surface area (Å²) in [5.41, 5.74) is 3.10. The van der Waals surface area contributed by atoms with Gasteiger partial charge in [0.25, 0.3) is 0 Å². The summed E-state index contributed by atoms with van der Waals surface area (Å²) in [5, 5.41) is 4.17. The minimum atomic E-state index is 0.587. The van der Waals surface area contributed by atoms with Crippen LogP contribution >= 0.6 is 27.5 Å². The fourth-order valence-electron chi connectivity index (χ4n) is 3.02. The first-order chi connectivity index (χ1) is 13.1. The molecule has 1 heterocycles. The van der Waals surface area contributed by atoms with Crippen LogP contribution in [-0.4, -0.2) is 40.0 Å². The van der Waals surface area contributed by atoms with E-state index in [-0.39, 0.29) is 0 Å². The molecule has 2 aromatic carbocycles. The van der Waals surface area contributed by atoms with E-state index in [9.17, 15) is 0 Å². The molecule has 0 saturated carbocycles. The number of nitrogens with zero attached hydrogens (tertiary/aromatic N) is 1. The lowest BCUT2D eigenvalue weighted by Gasteiger charge is -2.29. The second kappa shape index (κ2) is 9.53. The summed E-state index contributed by atoms with van der Waals surface area (Å²) in [4.78, 5) is 2.25. The van der Waals surface area contributed by atoms with Crippen molar-refractivity contribution in [2.45, 2.75) is 13.5 Å². The first-order valence-electron chi connectivity index (χ1n) is 8.97. The largest absolute Gasteiger partial charge is 0.493 e. The Balaban J connectivity index is 1.71. The molecular weight excluding hydrogens is 432 g/mol. The molecule has 0 bridgehead atoms. The maximum Gasteiger partial charge on any atom is 0.161 e. The van der Waals surface area contributed by atoms with E-state index in [1.165, 1.54) is 0 Å². The van der Waals surface area contributed by atoms with Crippen molar-refractivity contribution in [1.82, 2.24) is 0 Å². The summed E-state index contributed by atoms with van der Waals surface area (Å²) in [6, 6.07) is 10.00. The van der Waals surface area contributed by atoms with Crippen molar-refractivity contribution >= 4 is 38.9 Å². The molecule has 1 aliphatic heterocycles. The van der Waals surface area contributed by atoms with Crippen LogP contribution < -0.4 is 19.7 Å². The van der Waals surface area contributed by atoms with Crippen molar-refractivity contribution in [1.29, 1.82) is 0 Å². The molecule has 0 aliphatic carbocycles. The molecule has 1 fully saturated rings. The number of morpholine rings is 1. The van der Waals surface area contributed by atoms with Crippen LogP contribution in [0.25, 0.3) is 0 Å². The third kappa shape index (κ3) is 5.00. The Hall–Kier alpha value is -1.63. The summed E-state index contributed by atoms with van der Waals surface area (Å²) in [6.07, 6.45) is 0. The van der Waals surface area contributed by atoms with Gasteiger partial charge >= 0.3 is 0 Å². The summed E-state index contributed by atoms with van der Waals surface area (Å²) >= 11 is 10.1.